The molecule has 1 fully saturated rings. The second kappa shape index (κ2) is 8.30. The summed E-state index contributed by atoms with van der Waals surface area (Å²) in [7, 11) is 0. The Morgan fingerprint density at radius 3 is 2.33 bits per heavy atom. The van der Waals surface area contributed by atoms with E-state index >= 15 is 0 Å². The van der Waals surface area contributed by atoms with Crippen LogP contribution in [0.4, 0.5) is 8.78 Å². The van der Waals surface area contributed by atoms with Crippen LogP contribution >= 0.6 is 23.4 Å². The van der Waals surface area contributed by atoms with E-state index in [4.69, 9.17) is 11.6 Å². The third-order valence-corrected chi connectivity index (χ3v) is 5.41. The molecular formula is C18H19ClF2N2S. The molecule has 0 unspecified atom stereocenters. The monoisotopic (exact) mass is 368 g/mol. The van der Waals surface area contributed by atoms with Crippen molar-refractivity contribution >= 4 is 23.4 Å². The van der Waals surface area contributed by atoms with Crippen LogP contribution < -0.4 is 5.32 Å². The Balaban J connectivity index is 1.89. The highest BCUT2D eigenvalue weighted by molar-refractivity contribution is 7.99. The van der Waals surface area contributed by atoms with Crippen LogP contribution in [-0.2, 0) is 0 Å². The van der Waals surface area contributed by atoms with Gasteiger partial charge in [0.15, 0.2) is 0 Å². The van der Waals surface area contributed by atoms with E-state index in [-0.39, 0.29) is 0 Å². The van der Waals surface area contributed by atoms with Crippen molar-refractivity contribution in [2.45, 2.75) is 22.3 Å². The first kappa shape index (κ1) is 17.7. The molecule has 0 bridgehead atoms. The van der Waals surface area contributed by atoms with Gasteiger partial charge in [-0.05, 0) is 35.9 Å². The molecule has 1 aliphatic rings. The summed E-state index contributed by atoms with van der Waals surface area (Å²) in [5.74, 6) is 0. The summed E-state index contributed by atoms with van der Waals surface area (Å²) in [6.07, 6.45) is -2.42. The van der Waals surface area contributed by atoms with Gasteiger partial charge in [-0.25, -0.2) is 8.78 Å². The van der Waals surface area contributed by atoms with E-state index in [1.54, 1.807) is 0 Å². The Hall–Kier alpha value is -1.14. The maximum atomic E-state index is 13.9. The molecule has 2 nitrogen and oxygen atoms in total. The van der Waals surface area contributed by atoms with Crippen molar-refractivity contribution in [1.29, 1.82) is 0 Å². The molecule has 1 atom stereocenters. The van der Waals surface area contributed by atoms with Gasteiger partial charge in [0.25, 0.3) is 6.43 Å². The van der Waals surface area contributed by atoms with E-state index < -0.39 is 12.5 Å². The fraction of sp³-hybridized carbons (Fsp3) is 0.333. The molecule has 0 radical (unpaired) electrons. The molecule has 1 heterocycles. The molecule has 0 amide bonds. The van der Waals surface area contributed by atoms with E-state index in [9.17, 15) is 8.78 Å². The van der Waals surface area contributed by atoms with E-state index in [1.165, 1.54) is 11.8 Å². The minimum absolute atomic E-state index is 0.634. The molecule has 0 saturated carbocycles. The summed E-state index contributed by atoms with van der Waals surface area (Å²) < 4.78 is 27.7. The topological polar surface area (TPSA) is 15.3 Å². The summed E-state index contributed by atoms with van der Waals surface area (Å²) in [6, 6.07) is 14.0. The van der Waals surface area contributed by atoms with E-state index in [1.807, 2.05) is 53.4 Å². The predicted octanol–water partition coefficient (Wildman–Crippen LogP) is 4.70. The summed E-state index contributed by atoms with van der Waals surface area (Å²) in [4.78, 5) is 3.73. The molecule has 1 N–H and O–H groups in total. The van der Waals surface area contributed by atoms with Crippen LogP contribution in [-0.4, -0.2) is 37.5 Å². The lowest BCUT2D eigenvalue weighted by molar-refractivity contribution is 0.0169. The van der Waals surface area contributed by atoms with Crippen molar-refractivity contribution in [1.82, 2.24) is 10.2 Å². The Labute approximate surface area is 150 Å². The fourth-order valence-electron chi connectivity index (χ4n) is 2.90. The first-order valence-corrected chi connectivity index (χ1v) is 9.10. The summed E-state index contributed by atoms with van der Waals surface area (Å²) >= 11 is 7.42. The fourth-order valence-corrected chi connectivity index (χ4v) is 4.00. The van der Waals surface area contributed by atoms with Crippen molar-refractivity contribution < 1.29 is 8.78 Å². The lowest BCUT2D eigenvalue weighted by Crippen LogP contribution is -2.47. The minimum atomic E-state index is -2.42. The van der Waals surface area contributed by atoms with Crippen LogP contribution in [0.25, 0.3) is 0 Å². The summed E-state index contributed by atoms with van der Waals surface area (Å²) in [6.45, 7) is 2.76. The Morgan fingerprint density at radius 1 is 1.00 bits per heavy atom. The minimum Gasteiger partial charge on any atom is -0.314 e. The van der Waals surface area contributed by atoms with E-state index in [2.05, 4.69) is 5.32 Å². The lowest BCUT2D eigenvalue weighted by atomic mass is 10.0. The number of benzene rings is 2. The highest BCUT2D eigenvalue weighted by Gasteiger charge is 2.31. The summed E-state index contributed by atoms with van der Waals surface area (Å²) in [5, 5.41) is 3.88. The van der Waals surface area contributed by atoms with Crippen LogP contribution in [0.1, 0.15) is 11.6 Å². The van der Waals surface area contributed by atoms with Gasteiger partial charge in [0.2, 0.25) is 0 Å². The number of nitrogens with one attached hydrogen (secondary N) is 1. The van der Waals surface area contributed by atoms with Crippen LogP contribution in [0.3, 0.4) is 0 Å². The molecular weight excluding hydrogens is 350 g/mol. The van der Waals surface area contributed by atoms with Gasteiger partial charge >= 0.3 is 0 Å². The van der Waals surface area contributed by atoms with Gasteiger partial charge in [-0.3, -0.25) is 4.90 Å². The van der Waals surface area contributed by atoms with Gasteiger partial charge in [0.05, 0.1) is 6.04 Å². The number of hydrogen-bond acceptors (Lipinski definition) is 3. The van der Waals surface area contributed by atoms with Crippen molar-refractivity contribution in [3.63, 3.8) is 0 Å². The quantitative estimate of drug-likeness (QED) is 0.823. The third-order valence-electron chi connectivity index (χ3n) is 4.06. The summed E-state index contributed by atoms with van der Waals surface area (Å²) in [5.41, 5.74) is 0.689. The number of alkyl halides is 2. The standard InChI is InChI=1S/C18H19ClF2N2S/c19-13-5-7-14(8-6-13)24-16-4-2-1-3-15(16)17(18(20)21)23-11-9-22-10-12-23/h1-8,17-18,22H,9-12H2/t17-/m0/s1. The molecule has 1 aliphatic heterocycles. The maximum Gasteiger partial charge on any atom is 0.258 e. The van der Waals surface area contributed by atoms with Gasteiger partial charge in [0, 0.05) is 41.0 Å². The molecule has 6 heteroatoms. The van der Waals surface area contributed by atoms with Gasteiger partial charge < -0.3 is 5.32 Å². The van der Waals surface area contributed by atoms with Gasteiger partial charge in [-0.2, -0.15) is 0 Å². The normalized spacial score (nSPS) is 17.2. The molecule has 24 heavy (non-hydrogen) atoms. The highest BCUT2D eigenvalue weighted by atomic mass is 35.5. The van der Waals surface area contributed by atoms with Gasteiger partial charge in [-0.1, -0.05) is 41.6 Å². The molecule has 1 saturated heterocycles. The first-order chi connectivity index (χ1) is 11.6. The molecule has 0 aromatic heterocycles. The number of nitrogens with zero attached hydrogens (tertiary/aromatic N) is 1. The van der Waals surface area contributed by atoms with Gasteiger partial charge in [0.1, 0.15) is 0 Å². The number of halogens is 3. The predicted molar refractivity (Wildman–Crippen MR) is 95.2 cm³/mol. The van der Waals surface area contributed by atoms with Crippen molar-refractivity contribution in [2.75, 3.05) is 26.2 Å². The molecule has 0 aliphatic carbocycles. The second-order valence-corrected chi connectivity index (χ2v) is 7.21. The highest BCUT2D eigenvalue weighted by Crippen LogP contribution is 2.38. The van der Waals surface area contributed by atoms with Gasteiger partial charge in [-0.15, -0.1) is 0 Å². The number of hydrogen-bond donors (Lipinski definition) is 1. The molecule has 0 spiro atoms. The Kier molecular flexibility index (Phi) is 6.11. The van der Waals surface area contributed by atoms with Crippen LogP contribution in [0, 0.1) is 0 Å². The molecule has 2 aromatic carbocycles. The smallest absolute Gasteiger partial charge is 0.258 e. The van der Waals surface area contributed by atoms with Crippen molar-refractivity contribution in [2.24, 2.45) is 0 Å². The van der Waals surface area contributed by atoms with E-state index in [0.29, 0.717) is 23.7 Å². The third kappa shape index (κ3) is 4.28. The lowest BCUT2D eigenvalue weighted by Gasteiger charge is -2.35. The Bertz CT molecular complexity index is 660. The van der Waals surface area contributed by atoms with Crippen LogP contribution in [0.15, 0.2) is 58.3 Å². The zero-order valence-electron chi connectivity index (χ0n) is 13.1. The zero-order chi connectivity index (χ0) is 16.9. The zero-order valence-corrected chi connectivity index (χ0v) is 14.7. The number of piperazine rings is 1. The van der Waals surface area contributed by atoms with E-state index in [0.717, 1.165) is 22.9 Å². The molecule has 2 aromatic rings. The average Bonchev–Trinajstić information content (AvgIpc) is 2.59. The van der Waals surface area contributed by atoms with Crippen molar-refractivity contribution in [3.05, 3.63) is 59.1 Å². The van der Waals surface area contributed by atoms with Crippen LogP contribution in [0.2, 0.25) is 5.02 Å². The second-order valence-electron chi connectivity index (χ2n) is 5.66. The molecule has 128 valence electrons. The average molecular weight is 369 g/mol. The Morgan fingerprint density at radius 2 is 1.67 bits per heavy atom. The maximum absolute atomic E-state index is 13.9. The largest absolute Gasteiger partial charge is 0.314 e. The first-order valence-electron chi connectivity index (χ1n) is 7.90. The number of rotatable bonds is 5. The van der Waals surface area contributed by atoms with Crippen LogP contribution in [0.5, 0.6) is 0 Å². The van der Waals surface area contributed by atoms with Crippen molar-refractivity contribution in [3.8, 4) is 0 Å². The molecule has 3 rings (SSSR count). The SMILES string of the molecule is FC(F)[C@H](c1ccccc1Sc1ccc(Cl)cc1)N1CCNCC1.